The lowest BCUT2D eigenvalue weighted by atomic mass is 9.68. The molecule has 0 fully saturated rings. The topological polar surface area (TPSA) is 9.86 Å². The molecule has 0 unspecified atom stereocenters. The minimum absolute atomic E-state index is 0.307. The zero-order chi connectivity index (χ0) is 41.5. The van der Waals surface area contributed by atoms with Crippen molar-refractivity contribution in [3.05, 3.63) is 216 Å². The van der Waals surface area contributed by atoms with E-state index >= 15 is 0 Å². The summed E-state index contributed by atoms with van der Waals surface area (Å²) in [6, 6.07) is 72.3. The van der Waals surface area contributed by atoms with E-state index in [9.17, 15) is 0 Å². The Hall–Kier alpha value is -7.42. The summed E-state index contributed by atoms with van der Waals surface area (Å²) in [4.78, 5) is 0. The molecule has 294 valence electrons. The summed E-state index contributed by atoms with van der Waals surface area (Å²) >= 11 is 0. The third-order valence-electron chi connectivity index (χ3n) is 14.4. The van der Waals surface area contributed by atoms with Gasteiger partial charge in [-0.3, -0.25) is 0 Å². The Morgan fingerprint density at radius 2 is 0.661 bits per heavy atom. The molecule has 0 saturated heterocycles. The van der Waals surface area contributed by atoms with Crippen molar-refractivity contribution < 1.29 is 0 Å². The fourth-order valence-corrected chi connectivity index (χ4v) is 11.7. The smallest absolute Gasteiger partial charge is 0.0592 e. The van der Waals surface area contributed by atoms with Crippen molar-refractivity contribution in [3.8, 4) is 55.9 Å². The number of rotatable bonds is 4. The number of hydrogen-bond donors (Lipinski definition) is 0. The fourth-order valence-electron chi connectivity index (χ4n) is 11.7. The molecule has 0 aliphatic carbocycles. The molecule has 0 atom stereocenters. The molecule has 0 radical (unpaired) electrons. The SMILES string of the molecule is CC1(C)c2ccccc2-n2c3ccc(-c4ccccc4-c4ccccc4)cc3c3c4c5c(c1c32)c1cc(-c2ccccc2-c2ccccc2)ccc1n5-c1ccccc1C4(C)C. The molecule has 0 N–H and O–H groups in total. The second kappa shape index (κ2) is 12.6. The van der Waals surface area contributed by atoms with Crippen LogP contribution in [-0.4, -0.2) is 9.13 Å². The van der Waals surface area contributed by atoms with Gasteiger partial charge in [-0.2, -0.15) is 0 Å². The summed E-state index contributed by atoms with van der Waals surface area (Å²) in [7, 11) is 0. The van der Waals surface area contributed by atoms with Gasteiger partial charge < -0.3 is 9.13 Å². The lowest BCUT2D eigenvalue weighted by Gasteiger charge is -2.39. The largest absolute Gasteiger partial charge is 0.309 e. The molecular formula is C60H44N2. The molecule has 13 rings (SSSR count). The molecule has 0 spiro atoms. The maximum Gasteiger partial charge on any atom is 0.0592 e. The van der Waals surface area contributed by atoms with Crippen LogP contribution in [0.4, 0.5) is 0 Å². The quantitative estimate of drug-likeness (QED) is 0.168. The van der Waals surface area contributed by atoms with Gasteiger partial charge in [-0.15, -0.1) is 0 Å². The molecule has 0 bridgehead atoms. The van der Waals surface area contributed by atoms with E-state index in [0.717, 1.165) is 0 Å². The molecule has 2 aliphatic heterocycles. The van der Waals surface area contributed by atoms with Gasteiger partial charge in [0.05, 0.1) is 33.4 Å². The minimum Gasteiger partial charge on any atom is -0.309 e. The first-order valence-corrected chi connectivity index (χ1v) is 21.9. The van der Waals surface area contributed by atoms with Crippen molar-refractivity contribution in [2.45, 2.75) is 38.5 Å². The minimum atomic E-state index is -0.307. The van der Waals surface area contributed by atoms with Gasteiger partial charge in [0.25, 0.3) is 0 Å². The number of hydrogen-bond acceptors (Lipinski definition) is 0. The average molecular weight is 793 g/mol. The van der Waals surface area contributed by atoms with Crippen LogP contribution in [0.25, 0.3) is 99.5 Å². The van der Waals surface area contributed by atoms with Crippen LogP contribution in [0.3, 0.4) is 0 Å². The van der Waals surface area contributed by atoms with Gasteiger partial charge in [-0.25, -0.2) is 0 Å². The van der Waals surface area contributed by atoms with E-state index in [1.54, 1.807) is 0 Å². The van der Waals surface area contributed by atoms with Gasteiger partial charge in [0.1, 0.15) is 0 Å². The molecular weight excluding hydrogens is 749 g/mol. The van der Waals surface area contributed by atoms with Crippen LogP contribution in [-0.2, 0) is 10.8 Å². The molecule has 2 aromatic heterocycles. The maximum absolute atomic E-state index is 2.62. The Kier molecular flexibility index (Phi) is 7.16. The normalized spacial score (nSPS) is 14.4. The molecule has 62 heavy (non-hydrogen) atoms. The monoisotopic (exact) mass is 792 g/mol. The van der Waals surface area contributed by atoms with E-state index in [1.165, 1.54) is 122 Å². The molecule has 2 nitrogen and oxygen atoms in total. The van der Waals surface area contributed by atoms with Gasteiger partial charge in [-0.1, -0.05) is 185 Å². The third-order valence-corrected chi connectivity index (χ3v) is 14.4. The summed E-state index contributed by atoms with van der Waals surface area (Å²) in [5.41, 5.74) is 22.5. The van der Waals surface area contributed by atoms with E-state index in [-0.39, 0.29) is 10.8 Å². The maximum atomic E-state index is 2.62. The number of para-hydroxylation sites is 2. The highest BCUT2D eigenvalue weighted by molar-refractivity contribution is 6.26. The van der Waals surface area contributed by atoms with Crippen LogP contribution >= 0.6 is 0 Å². The molecule has 0 saturated carbocycles. The first-order chi connectivity index (χ1) is 30.3. The summed E-state index contributed by atoms with van der Waals surface area (Å²) < 4.78 is 5.25. The molecule has 2 heteroatoms. The first kappa shape index (κ1) is 35.3. The van der Waals surface area contributed by atoms with Crippen molar-refractivity contribution in [1.82, 2.24) is 9.13 Å². The highest BCUT2D eigenvalue weighted by Crippen LogP contribution is 2.59. The predicted octanol–water partition coefficient (Wildman–Crippen LogP) is 15.8. The van der Waals surface area contributed by atoms with E-state index < -0.39 is 0 Å². The van der Waals surface area contributed by atoms with Crippen LogP contribution in [0, 0.1) is 0 Å². The first-order valence-electron chi connectivity index (χ1n) is 21.9. The number of nitrogens with zero attached hydrogens (tertiary/aromatic N) is 2. The van der Waals surface area contributed by atoms with Crippen molar-refractivity contribution in [2.75, 3.05) is 0 Å². The van der Waals surface area contributed by atoms with Crippen molar-refractivity contribution in [1.29, 1.82) is 0 Å². The molecule has 9 aromatic carbocycles. The van der Waals surface area contributed by atoms with Gasteiger partial charge in [0.15, 0.2) is 0 Å². The highest BCUT2D eigenvalue weighted by Gasteiger charge is 2.44. The summed E-state index contributed by atoms with van der Waals surface area (Å²) in [6.45, 7) is 9.85. The summed E-state index contributed by atoms with van der Waals surface area (Å²) in [5.74, 6) is 0. The van der Waals surface area contributed by atoms with Crippen LogP contribution in [0.15, 0.2) is 194 Å². The lowest BCUT2D eigenvalue weighted by Crippen LogP contribution is -2.30. The number of aromatic nitrogens is 2. The van der Waals surface area contributed by atoms with Gasteiger partial charge >= 0.3 is 0 Å². The zero-order valence-corrected chi connectivity index (χ0v) is 35.4. The second-order valence-corrected chi connectivity index (χ2v) is 18.4. The summed E-state index contributed by atoms with van der Waals surface area (Å²) in [6.07, 6.45) is 0. The van der Waals surface area contributed by atoms with Gasteiger partial charge in [0.2, 0.25) is 0 Å². The van der Waals surface area contributed by atoms with Crippen molar-refractivity contribution >= 4 is 43.6 Å². The predicted molar refractivity (Wildman–Crippen MR) is 261 cm³/mol. The Balaban J connectivity index is 1.23. The van der Waals surface area contributed by atoms with E-state index in [0.29, 0.717) is 0 Å². The van der Waals surface area contributed by atoms with Crippen LogP contribution < -0.4 is 0 Å². The standard InChI is InChI=1S/C60H44N2/c1-59(2)47-27-15-17-29-51(47)61-50-34-32-40(44-26-14-12-24-42(44)38-21-9-6-10-22-38)36-46(50)54-56-58-53(55(59)57(54)61)45-35-39(43-25-13-11-23-41(43)37-19-7-5-8-20-37)31-33-49(45)62(58)52-30-18-16-28-48(52)60(56,3)4/h5-36H,1-4H3. The van der Waals surface area contributed by atoms with Crippen LogP contribution in [0.2, 0.25) is 0 Å². The Morgan fingerprint density at radius 3 is 1.06 bits per heavy atom. The summed E-state index contributed by atoms with van der Waals surface area (Å²) in [5, 5.41) is 5.32. The Morgan fingerprint density at radius 1 is 0.323 bits per heavy atom. The second-order valence-electron chi connectivity index (χ2n) is 18.4. The van der Waals surface area contributed by atoms with Crippen molar-refractivity contribution in [2.24, 2.45) is 0 Å². The van der Waals surface area contributed by atoms with E-state index in [4.69, 9.17) is 0 Å². The van der Waals surface area contributed by atoms with E-state index in [1.807, 2.05) is 0 Å². The van der Waals surface area contributed by atoms with Gasteiger partial charge in [0, 0.05) is 32.4 Å². The molecule has 0 amide bonds. The van der Waals surface area contributed by atoms with Crippen LogP contribution in [0.1, 0.15) is 49.9 Å². The lowest BCUT2D eigenvalue weighted by molar-refractivity contribution is 0.626. The fraction of sp³-hybridized carbons (Fsp3) is 0.100. The molecule has 2 aliphatic rings. The van der Waals surface area contributed by atoms with Crippen molar-refractivity contribution in [3.63, 3.8) is 0 Å². The molecule has 11 aromatic rings. The number of fused-ring (bicyclic) bond motifs is 12. The average Bonchev–Trinajstić information content (AvgIpc) is 3.83. The third kappa shape index (κ3) is 4.59. The highest BCUT2D eigenvalue weighted by atomic mass is 15.0. The molecule has 4 heterocycles. The Bertz CT molecular complexity index is 3430. The number of benzene rings is 9. The van der Waals surface area contributed by atoms with E-state index in [2.05, 4.69) is 231 Å². The Labute approximate surface area is 362 Å². The zero-order valence-electron chi connectivity index (χ0n) is 35.4. The van der Waals surface area contributed by atoms with Crippen LogP contribution in [0.5, 0.6) is 0 Å². The van der Waals surface area contributed by atoms with Gasteiger partial charge in [-0.05, 0) is 103 Å².